The maximum Gasteiger partial charge on any atom is 0.255 e. The third kappa shape index (κ3) is 3.21. The zero-order chi connectivity index (χ0) is 14.9. The Morgan fingerprint density at radius 3 is 2.45 bits per heavy atom. The summed E-state index contributed by atoms with van der Waals surface area (Å²) in [6.45, 7) is 5.67. The predicted octanol–water partition coefficient (Wildman–Crippen LogP) is 0.739. The molecule has 1 amide bonds. The SMILES string of the molecule is Cc1cc(C(=O)N2CCCN(S(C)(=O)=O)CC2)c(C)[nH]1. The van der Waals surface area contributed by atoms with Crippen molar-refractivity contribution in [3.05, 3.63) is 23.0 Å². The number of sulfonamides is 1. The van der Waals surface area contributed by atoms with Crippen molar-refractivity contribution >= 4 is 15.9 Å². The van der Waals surface area contributed by atoms with Crippen molar-refractivity contribution < 1.29 is 13.2 Å². The number of carbonyl (C=O) groups excluding carboxylic acids is 1. The second kappa shape index (κ2) is 5.57. The first kappa shape index (κ1) is 15.1. The summed E-state index contributed by atoms with van der Waals surface area (Å²) in [5.74, 6) is -0.0257. The van der Waals surface area contributed by atoms with Crippen LogP contribution in [0, 0.1) is 13.8 Å². The molecule has 1 N–H and O–H groups in total. The number of carbonyl (C=O) groups is 1. The molecular weight excluding hydrogens is 278 g/mol. The fourth-order valence-corrected chi connectivity index (χ4v) is 3.42. The molecule has 0 saturated carbocycles. The molecule has 1 saturated heterocycles. The summed E-state index contributed by atoms with van der Waals surface area (Å²) < 4.78 is 24.6. The van der Waals surface area contributed by atoms with E-state index < -0.39 is 10.0 Å². The Morgan fingerprint density at radius 1 is 1.20 bits per heavy atom. The summed E-state index contributed by atoms with van der Waals surface area (Å²) in [5.41, 5.74) is 2.49. The van der Waals surface area contributed by atoms with Crippen LogP contribution in [0.1, 0.15) is 28.2 Å². The van der Waals surface area contributed by atoms with Crippen LogP contribution in [0.2, 0.25) is 0 Å². The largest absolute Gasteiger partial charge is 0.362 e. The molecule has 7 heteroatoms. The molecule has 2 rings (SSSR count). The molecule has 0 aromatic carbocycles. The number of nitrogens with zero attached hydrogens (tertiary/aromatic N) is 2. The molecule has 0 radical (unpaired) electrons. The van der Waals surface area contributed by atoms with Crippen molar-refractivity contribution in [3.8, 4) is 0 Å². The average molecular weight is 299 g/mol. The van der Waals surface area contributed by atoms with E-state index >= 15 is 0 Å². The number of nitrogens with one attached hydrogen (secondary N) is 1. The highest BCUT2D eigenvalue weighted by Gasteiger charge is 2.25. The van der Waals surface area contributed by atoms with Crippen LogP contribution in [0.4, 0.5) is 0 Å². The van der Waals surface area contributed by atoms with E-state index in [-0.39, 0.29) is 5.91 Å². The first-order valence-corrected chi connectivity index (χ1v) is 8.54. The number of hydrogen-bond donors (Lipinski definition) is 1. The Labute approximate surface area is 119 Å². The maximum atomic E-state index is 12.5. The van der Waals surface area contributed by atoms with E-state index in [0.29, 0.717) is 38.2 Å². The fraction of sp³-hybridized carbons (Fsp3) is 0.615. The lowest BCUT2D eigenvalue weighted by atomic mass is 10.2. The lowest BCUT2D eigenvalue weighted by Crippen LogP contribution is -2.37. The highest BCUT2D eigenvalue weighted by molar-refractivity contribution is 7.88. The van der Waals surface area contributed by atoms with Gasteiger partial charge < -0.3 is 9.88 Å². The number of hydrogen-bond acceptors (Lipinski definition) is 3. The van der Waals surface area contributed by atoms with Gasteiger partial charge in [0, 0.05) is 37.6 Å². The van der Waals surface area contributed by atoms with Crippen LogP contribution >= 0.6 is 0 Å². The summed E-state index contributed by atoms with van der Waals surface area (Å²) in [6.07, 6.45) is 1.88. The van der Waals surface area contributed by atoms with Crippen LogP contribution < -0.4 is 0 Å². The highest BCUT2D eigenvalue weighted by atomic mass is 32.2. The summed E-state index contributed by atoms with van der Waals surface area (Å²) in [4.78, 5) is 17.3. The summed E-state index contributed by atoms with van der Waals surface area (Å²) in [7, 11) is -3.18. The van der Waals surface area contributed by atoms with Gasteiger partial charge in [-0.3, -0.25) is 4.79 Å². The van der Waals surface area contributed by atoms with Gasteiger partial charge in [0.25, 0.3) is 5.91 Å². The molecule has 0 unspecified atom stereocenters. The smallest absolute Gasteiger partial charge is 0.255 e. The minimum absolute atomic E-state index is 0.0257. The van der Waals surface area contributed by atoms with Gasteiger partial charge in [-0.1, -0.05) is 0 Å². The molecule has 1 aliphatic rings. The normalized spacial score (nSPS) is 18.1. The molecule has 1 aromatic heterocycles. The minimum Gasteiger partial charge on any atom is -0.362 e. The van der Waals surface area contributed by atoms with E-state index in [1.54, 1.807) is 4.90 Å². The standard InChI is InChI=1S/C13H21N3O3S/c1-10-9-12(11(2)14-10)13(17)15-5-4-6-16(8-7-15)20(3,18)19/h9,14H,4-8H2,1-3H3. The third-order valence-corrected chi connectivity index (χ3v) is 4.89. The average Bonchev–Trinajstić information content (AvgIpc) is 2.56. The zero-order valence-corrected chi connectivity index (χ0v) is 13.0. The predicted molar refractivity (Wildman–Crippen MR) is 77.2 cm³/mol. The van der Waals surface area contributed by atoms with Crippen LogP contribution in [0.15, 0.2) is 6.07 Å². The Balaban J connectivity index is 2.11. The molecule has 20 heavy (non-hydrogen) atoms. The first-order chi connectivity index (χ1) is 9.29. The molecule has 0 bridgehead atoms. The second-order valence-corrected chi connectivity index (χ2v) is 7.28. The van der Waals surface area contributed by atoms with Crippen LogP contribution in [0.5, 0.6) is 0 Å². The van der Waals surface area contributed by atoms with Crippen LogP contribution in [-0.2, 0) is 10.0 Å². The number of amides is 1. The Kier molecular flexibility index (Phi) is 4.19. The van der Waals surface area contributed by atoms with Crippen LogP contribution in [0.3, 0.4) is 0 Å². The third-order valence-electron chi connectivity index (χ3n) is 3.59. The van der Waals surface area contributed by atoms with Crippen LogP contribution in [0.25, 0.3) is 0 Å². The second-order valence-electron chi connectivity index (χ2n) is 5.30. The number of rotatable bonds is 2. The Bertz CT molecular complexity index is 606. The van der Waals surface area contributed by atoms with Crippen molar-refractivity contribution in [1.29, 1.82) is 0 Å². The van der Waals surface area contributed by atoms with E-state index in [4.69, 9.17) is 0 Å². The van der Waals surface area contributed by atoms with E-state index in [1.165, 1.54) is 10.6 Å². The Hall–Kier alpha value is -1.34. The van der Waals surface area contributed by atoms with Crippen molar-refractivity contribution in [2.75, 3.05) is 32.4 Å². The summed E-state index contributed by atoms with van der Waals surface area (Å²) >= 11 is 0. The number of aryl methyl sites for hydroxylation is 2. The van der Waals surface area contributed by atoms with Crippen molar-refractivity contribution in [2.24, 2.45) is 0 Å². The number of aromatic amines is 1. The Morgan fingerprint density at radius 2 is 1.90 bits per heavy atom. The molecule has 1 fully saturated rings. The van der Waals surface area contributed by atoms with Gasteiger partial charge in [0.05, 0.1) is 11.8 Å². The van der Waals surface area contributed by atoms with Gasteiger partial charge in [-0.2, -0.15) is 0 Å². The van der Waals surface area contributed by atoms with Gasteiger partial charge in [0.2, 0.25) is 10.0 Å². The molecule has 6 nitrogen and oxygen atoms in total. The molecule has 0 aliphatic carbocycles. The topological polar surface area (TPSA) is 73.5 Å². The van der Waals surface area contributed by atoms with Gasteiger partial charge in [-0.25, -0.2) is 12.7 Å². The van der Waals surface area contributed by atoms with Crippen molar-refractivity contribution in [3.63, 3.8) is 0 Å². The molecule has 0 atom stereocenters. The molecule has 0 spiro atoms. The van der Waals surface area contributed by atoms with Gasteiger partial charge >= 0.3 is 0 Å². The lowest BCUT2D eigenvalue weighted by Gasteiger charge is -2.21. The molecule has 1 aliphatic heterocycles. The van der Waals surface area contributed by atoms with Gasteiger partial charge in [0.15, 0.2) is 0 Å². The quantitative estimate of drug-likeness (QED) is 0.875. The van der Waals surface area contributed by atoms with Gasteiger partial charge in [-0.05, 0) is 26.3 Å². The van der Waals surface area contributed by atoms with E-state index in [9.17, 15) is 13.2 Å². The summed E-state index contributed by atoms with van der Waals surface area (Å²) in [5, 5.41) is 0. The van der Waals surface area contributed by atoms with Gasteiger partial charge in [-0.15, -0.1) is 0 Å². The minimum atomic E-state index is -3.18. The van der Waals surface area contributed by atoms with E-state index in [0.717, 1.165) is 11.4 Å². The molecular formula is C13H21N3O3S. The monoisotopic (exact) mass is 299 g/mol. The molecule has 2 heterocycles. The van der Waals surface area contributed by atoms with E-state index in [2.05, 4.69) is 4.98 Å². The summed E-state index contributed by atoms with van der Waals surface area (Å²) in [6, 6.07) is 1.84. The van der Waals surface area contributed by atoms with E-state index in [1.807, 2.05) is 19.9 Å². The maximum absolute atomic E-state index is 12.5. The van der Waals surface area contributed by atoms with Crippen LogP contribution in [-0.4, -0.2) is 60.9 Å². The fourth-order valence-electron chi connectivity index (χ4n) is 2.54. The van der Waals surface area contributed by atoms with Gasteiger partial charge in [0.1, 0.15) is 0 Å². The number of H-pyrrole nitrogens is 1. The number of aromatic nitrogens is 1. The highest BCUT2D eigenvalue weighted by Crippen LogP contribution is 2.15. The first-order valence-electron chi connectivity index (χ1n) is 6.69. The van der Waals surface area contributed by atoms with Crippen molar-refractivity contribution in [1.82, 2.24) is 14.2 Å². The van der Waals surface area contributed by atoms with Crippen molar-refractivity contribution in [2.45, 2.75) is 20.3 Å². The molecule has 1 aromatic rings. The lowest BCUT2D eigenvalue weighted by molar-refractivity contribution is 0.0763. The zero-order valence-electron chi connectivity index (χ0n) is 12.1. The molecule has 112 valence electrons.